The fraction of sp³-hybridized carbons (Fsp3) is 0.152. The van der Waals surface area contributed by atoms with Crippen molar-refractivity contribution in [2.45, 2.75) is 19.9 Å². The van der Waals surface area contributed by atoms with Crippen molar-refractivity contribution in [1.82, 2.24) is 9.55 Å². The first-order valence-corrected chi connectivity index (χ1v) is 15.3. The number of nitrogens with two attached hydrogens (primary N) is 1. The first-order chi connectivity index (χ1) is 20.0. The zero-order valence-electron chi connectivity index (χ0n) is 23.0. The summed E-state index contributed by atoms with van der Waals surface area (Å²) in [6, 6.07) is 35.6. The standard InChI is InChI=1S/C33H32N3O4P/c1-3-39-31(37)29(36-28-23-15-14-22-27(28)35-33(36)34)30(32(38)40-4-2)41(24-16-8-5-9-17-24,25-18-10-6-11-19-25)26-20-12-7-13-21-26/h5-23,29H,3-4H2,1-2H3,(H2-,34,35,38)/b32-30+. The van der Waals surface area contributed by atoms with E-state index in [2.05, 4.69) is 4.98 Å². The molecule has 7 nitrogen and oxygen atoms in total. The Bertz CT molecular complexity index is 1560. The fourth-order valence-electron chi connectivity index (χ4n) is 5.35. The summed E-state index contributed by atoms with van der Waals surface area (Å²) in [6.45, 7) is 3.73. The molecule has 0 aliphatic carbocycles. The minimum Gasteiger partial charge on any atom is -0.611 e. The first-order valence-electron chi connectivity index (χ1n) is 13.5. The number of hydrogen-bond donors (Lipinski definition) is 1. The lowest BCUT2D eigenvalue weighted by molar-refractivity contribution is -0.358. The summed E-state index contributed by atoms with van der Waals surface area (Å²) < 4.78 is 13.1. The summed E-state index contributed by atoms with van der Waals surface area (Å²) in [4.78, 5) is 18.7. The molecule has 1 unspecified atom stereocenters. The van der Waals surface area contributed by atoms with Gasteiger partial charge in [-0.05, 0) is 62.1 Å². The van der Waals surface area contributed by atoms with E-state index >= 15 is 0 Å². The van der Waals surface area contributed by atoms with E-state index in [1.54, 1.807) is 18.4 Å². The van der Waals surface area contributed by atoms with Crippen molar-refractivity contribution < 1.29 is 19.4 Å². The number of para-hydroxylation sites is 2. The molecular formula is C33H32N3O4P. The topological polar surface area (TPSA) is 102 Å². The number of aromatic nitrogens is 2. The molecule has 1 aromatic heterocycles. The number of ether oxygens (including phenoxy) is 2. The van der Waals surface area contributed by atoms with Gasteiger partial charge in [0.1, 0.15) is 28.5 Å². The van der Waals surface area contributed by atoms with Gasteiger partial charge >= 0.3 is 5.97 Å². The van der Waals surface area contributed by atoms with Crippen LogP contribution in [0.1, 0.15) is 19.9 Å². The SMILES string of the molecule is CCOC(=O)C(/C(=C(/[O-])OCC)[P+](c1ccccc1)(c1ccccc1)c1ccccc1)n1c(N)nc2ccccc21. The van der Waals surface area contributed by atoms with Crippen LogP contribution in [0.5, 0.6) is 0 Å². The van der Waals surface area contributed by atoms with E-state index < -0.39 is 25.2 Å². The second-order valence-corrected chi connectivity index (χ2v) is 12.6. The number of fused-ring (bicyclic) bond motifs is 1. The number of anilines is 1. The highest BCUT2D eigenvalue weighted by Gasteiger charge is 2.56. The Morgan fingerprint density at radius 1 is 0.780 bits per heavy atom. The minimum absolute atomic E-state index is 0.0957. The number of benzene rings is 4. The summed E-state index contributed by atoms with van der Waals surface area (Å²) in [6.07, 6.45) is 0. The van der Waals surface area contributed by atoms with Gasteiger partial charge in [0.2, 0.25) is 5.95 Å². The number of esters is 1. The van der Waals surface area contributed by atoms with Crippen LogP contribution < -0.4 is 26.8 Å². The summed E-state index contributed by atoms with van der Waals surface area (Å²) >= 11 is 0. The molecular weight excluding hydrogens is 533 g/mol. The Labute approximate surface area is 240 Å². The summed E-state index contributed by atoms with van der Waals surface area (Å²) in [5, 5.41) is 17.4. The van der Waals surface area contributed by atoms with Crippen LogP contribution in [0, 0.1) is 0 Å². The van der Waals surface area contributed by atoms with Crippen LogP contribution >= 0.6 is 7.26 Å². The lowest BCUT2D eigenvalue weighted by Gasteiger charge is -2.35. The van der Waals surface area contributed by atoms with Crippen LogP contribution in [-0.2, 0) is 14.3 Å². The summed E-state index contributed by atoms with van der Waals surface area (Å²) in [7, 11) is -3.08. The van der Waals surface area contributed by atoms with Gasteiger partial charge in [-0.25, -0.2) is 9.78 Å². The number of imidazole rings is 1. The van der Waals surface area contributed by atoms with Gasteiger partial charge < -0.3 is 20.3 Å². The Morgan fingerprint density at radius 2 is 1.24 bits per heavy atom. The molecule has 1 heterocycles. The van der Waals surface area contributed by atoms with E-state index in [-0.39, 0.29) is 24.5 Å². The maximum Gasteiger partial charge on any atom is 0.337 e. The number of carbonyl (C=O) groups excluding carboxylic acids is 1. The van der Waals surface area contributed by atoms with Gasteiger partial charge in [0.25, 0.3) is 0 Å². The molecule has 5 aromatic rings. The molecule has 0 aliphatic rings. The number of hydrogen-bond acceptors (Lipinski definition) is 6. The van der Waals surface area contributed by atoms with Crippen molar-refractivity contribution in [3.05, 3.63) is 127 Å². The lowest BCUT2D eigenvalue weighted by Crippen LogP contribution is -2.39. The molecule has 0 radical (unpaired) electrons. The van der Waals surface area contributed by atoms with Crippen molar-refractivity contribution >= 4 is 46.1 Å². The van der Waals surface area contributed by atoms with Gasteiger partial charge in [0.05, 0.1) is 23.6 Å². The molecule has 0 aliphatic heterocycles. The number of rotatable bonds is 10. The van der Waals surface area contributed by atoms with Gasteiger partial charge in [-0.3, -0.25) is 4.57 Å². The molecule has 0 fully saturated rings. The maximum atomic E-state index is 14.5. The Kier molecular flexibility index (Phi) is 8.37. The molecule has 0 saturated carbocycles. The maximum absolute atomic E-state index is 14.5. The van der Waals surface area contributed by atoms with E-state index in [0.717, 1.165) is 15.9 Å². The highest BCUT2D eigenvalue weighted by atomic mass is 31.2. The third kappa shape index (κ3) is 5.05. The normalized spacial score (nSPS) is 12.9. The number of carbonyl (C=O) groups is 1. The number of nitrogen functional groups attached to an aromatic ring is 1. The second-order valence-electron chi connectivity index (χ2n) is 9.27. The van der Waals surface area contributed by atoms with Crippen LogP contribution in [0.4, 0.5) is 5.95 Å². The van der Waals surface area contributed by atoms with Gasteiger partial charge in [-0.1, -0.05) is 73.7 Å². The third-order valence-electron chi connectivity index (χ3n) is 6.93. The van der Waals surface area contributed by atoms with Gasteiger partial charge in [-0.15, -0.1) is 0 Å². The molecule has 0 saturated heterocycles. The molecule has 4 aromatic carbocycles. The molecule has 0 amide bonds. The van der Waals surface area contributed by atoms with Gasteiger partial charge in [0, 0.05) is 0 Å². The molecule has 0 spiro atoms. The summed E-state index contributed by atoms with van der Waals surface area (Å²) in [5.41, 5.74) is 7.76. The molecule has 8 heteroatoms. The van der Waals surface area contributed by atoms with Crippen molar-refractivity contribution in [2.75, 3.05) is 18.9 Å². The first kappa shape index (κ1) is 27.9. The molecule has 5 rings (SSSR count). The van der Waals surface area contributed by atoms with Crippen LogP contribution in [0.3, 0.4) is 0 Å². The highest BCUT2D eigenvalue weighted by molar-refractivity contribution is 7.99. The second kappa shape index (κ2) is 12.3. The van der Waals surface area contributed by atoms with Crippen molar-refractivity contribution in [3.63, 3.8) is 0 Å². The Balaban J connectivity index is 2.00. The van der Waals surface area contributed by atoms with E-state index in [0.29, 0.717) is 11.0 Å². The quantitative estimate of drug-likeness (QED) is 0.154. The van der Waals surface area contributed by atoms with Gasteiger partial charge in [0.15, 0.2) is 6.04 Å². The molecule has 0 bridgehead atoms. The average Bonchev–Trinajstić information content (AvgIpc) is 3.34. The Morgan fingerprint density at radius 3 is 1.73 bits per heavy atom. The summed E-state index contributed by atoms with van der Waals surface area (Å²) in [5.74, 6) is -1.11. The van der Waals surface area contributed by atoms with Crippen LogP contribution in [0.2, 0.25) is 0 Å². The molecule has 2 N–H and O–H groups in total. The van der Waals surface area contributed by atoms with Gasteiger partial charge in [-0.2, -0.15) is 0 Å². The van der Waals surface area contributed by atoms with Crippen molar-refractivity contribution in [1.29, 1.82) is 0 Å². The van der Waals surface area contributed by atoms with Crippen molar-refractivity contribution in [2.24, 2.45) is 0 Å². The van der Waals surface area contributed by atoms with E-state index in [9.17, 15) is 9.90 Å². The molecule has 1 atom stereocenters. The Hall–Kier alpha value is -4.61. The lowest BCUT2D eigenvalue weighted by atomic mass is 10.2. The highest BCUT2D eigenvalue weighted by Crippen LogP contribution is 2.66. The van der Waals surface area contributed by atoms with Crippen LogP contribution in [-0.4, -0.2) is 28.7 Å². The predicted molar refractivity (Wildman–Crippen MR) is 164 cm³/mol. The van der Waals surface area contributed by atoms with Crippen molar-refractivity contribution in [3.8, 4) is 0 Å². The van der Waals surface area contributed by atoms with Crippen LogP contribution in [0.25, 0.3) is 11.0 Å². The smallest absolute Gasteiger partial charge is 0.337 e. The monoisotopic (exact) mass is 565 g/mol. The van der Waals surface area contributed by atoms with Crippen LogP contribution in [0.15, 0.2) is 127 Å². The largest absolute Gasteiger partial charge is 0.611 e. The molecule has 208 valence electrons. The molecule has 41 heavy (non-hydrogen) atoms. The average molecular weight is 566 g/mol. The van der Waals surface area contributed by atoms with E-state index in [1.165, 1.54) is 0 Å². The van der Waals surface area contributed by atoms with E-state index in [4.69, 9.17) is 15.2 Å². The zero-order chi connectivity index (χ0) is 28.8. The minimum atomic E-state index is -3.08. The van der Waals surface area contributed by atoms with E-state index in [1.807, 2.05) is 115 Å². The third-order valence-corrected chi connectivity index (χ3v) is 11.3. The number of nitrogens with zero attached hydrogens (tertiary/aromatic N) is 2. The predicted octanol–water partition coefficient (Wildman–Crippen LogP) is 4.28. The fourth-order valence-corrected chi connectivity index (χ4v) is 9.86. The zero-order valence-corrected chi connectivity index (χ0v) is 23.9.